The van der Waals surface area contributed by atoms with Crippen LogP contribution in [-0.2, 0) is 44.7 Å². The fourth-order valence-corrected chi connectivity index (χ4v) is 14.8. The number of aromatic nitrogens is 4. The zero-order valence-electron chi connectivity index (χ0n) is 73.6. The minimum atomic E-state index is -0.588. The summed E-state index contributed by atoms with van der Waals surface area (Å²) in [6.07, 6.45) is 27.6. The van der Waals surface area contributed by atoms with Crippen molar-refractivity contribution in [2.75, 3.05) is 70.5 Å². The third kappa shape index (κ3) is 30.5. The van der Waals surface area contributed by atoms with Gasteiger partial charge in [-0.05, 0) is 278 Å². The van der Waals surface area contributed by atoms with E-state index in [9.17, 15) is 28.8 Å². The maximum Gasteiger partial charge on any atom is 0.343 e. The second-order valence-electron chi connectivity index (χ2n) is 30.2. The Balaban J connectivity index is 0.000000270. The van der Waals surface area contributed by atoms with Crippen LogP contribution >= 0.6 is 11.3 Å². The fraction of sp³-hybridized carbons (Fsp3) is 0.264. The van der Waals surface area contributed by atoms with Crippen molar-refractivity contribution < 1.29 is 76.1 Å². The highest BCUT2D eigenvalue weighted by atomic mass is 32.1. The van der Waals surface area contributed by atoms with Gasteiger partial charge in [-0.15, -0.1) is 0 Å². The maximum absolute atomic E-state index is 13.4. The minimum absolute atomic E-state index is 0. The first-order valence-corrected chi connectivity index (χ1v) is 44.7. The van der Waals surface area contributed by atoms with Crippen LogP contribution in [-0.4, -0.2) is 115 Å². The number of aryl methyl sites for hydroxylation is 1. The van der Waals surface area contributed by atoms with E-state index in [1.165, 1.54) is 39.9 Å². The molecule has 12 rings (SSSR count). The van der Waals surface area contributed by atoms with E-state index in [0.29, 0.717) is 102 Å². The third-order valence-electron chi connectivity index (χ3n) is 20.9. The lowest BCUT2D eigenvalue weighted by molar-refractivity contribution is -0.138. The first kappa shape index (κ1) is 98.5. The quantitative estimate of drug-likeness (QED) is 0.00687. The largest absolute Gasteiger partial charge is 0.494 e. The van der Waals surface area contributed by atoms with E-state index in [0.717, 1.165) is 189 Å². The van der Waals surface area contributed by atoms with Gasteiger partial charge in [0.05, 0.1) is 81.6 Å². The Morgan fingerprint density at radius 1 is 0.450 bits per heavy atom. The molecule has 25 heteroatoms. The van der Waals surface area contributed by atoms with Gasteiger partial charge in [0.2, 0.25) is 4.96 Å². The second-order valence-corrected chi connectivity index (χ2v) is 31.2. The molecule has 0 saturated heterocycles. The predicted molar refractivity (Wildman–Crippen MR) is 522 cm³/mol. The lowest BCUT2D eigenvalue weighted by Crippen LogP contribution is -2.11. The molecule has 6 N–H and O–H groups in total. The smallest absolute Gasteiger partial charge is 0.343 e. The Morgan fingerprint density at radius 2 is 0.893 bits per heavy atom. The molecular weight excluding hydrogens is 1670 g/mol. The zero-order valence-corrected chi connectivity index (χ0v) is 74.5. The minimum Gasteiger partial charge on any atom is -0.494 e. The number of ether oxygens (including phenoxy) is 10. The van der Waals surface area contributed by atoms with E-state index < -0.39 is 23.9 Å². The average Bonchev–Trinajstić information content (AvgIpc) is 1.61. The van der Waals surface area contributed by atoms with E-state index in [2.05, 4.69) is 133 Å². The van der Waals surface area contributed by atoms with Crippen LogP contribution in [0.4, 0.5) is 11.4 Å². The summed E-state index contributed by atoms with van der Waals surface area (Å²) in [5.41, 5.74) is 26.4. The second kappa shape index (κ2) is 52.5. The van der Waals surface area contributed by atoms with Crippen LogP contribution in [0.15, 0.2) is 275 Å². The number of benzene rings is 9. The van der Waals surface area contributed by atoms with Crippen molar-refractivity contribution in [2.45, 2.75) is 124 Å². The molecule has 0 saturated carbocycles. The highest BCUT2D eigenvalue weighted by Gasteiger charge is 2.19. The van der Waals surface area contributed by atoms with Gasteiger partial charge in [-0.3, -0.25) is 0 Å². The van der Waals surface area contributed by atoms with Crippen molar-refractivity contribution in [3.05, 3.63) is 302 Å². The van der Waals surface area contributed by atoms with E-state index in [-0.39, 0.29) is 30.9 Å². The normalized spacial score (nSPS) is 11.2. The molecule has 0 amide bonds. The number of hydrogen-bond donors (Lipinski definition) is 4. The monoisotopic (exact) mass is 1790 g/mol. The average molecular weight is 1790 g/mol. The summed E-state index contributed by atoms with van der Waals surface area (Å²) in [6, 6.07) is 63.5. The van der Waals surface area contributed by atoms with Crippen molar-refractivity contribution in [3.8, 4) is 68.0 Å². The number of esters is 6. The Hall–Kier alpha value is -14.7. The standard InChI is InChI=1S/C54H60N4O6.C51H52N4O10S.CH4/c1-4-53(59)63-33-15-9-7-13-31-61-44-25-19-39(20-26-44)41-23-29-46(40-21-27-45(28-22-40)62-32-14-8-10-16-34-64-54(60)5-2)50(36-41)57-43(38-55)37-49(56)42-24-30-52-48(35-42)47-17-11-12-18-51(47)58(52)6-3;1-4-47(56)62-32-12-8-6-10-30-60-41-23-16-37(17-24-41)49(58)64-43-27-28-45(65-50(59)38-18-25-42(26-19-38)61-31-11-7-9-13-33-63-48(57)5-2)39(34-43)20-29-46-54-55-35-44(53-51(55)66-46)36-14-21-40(52-3)22-15-36;/h4-5,11-12,17-30,35-38,57H,1-2,6-10,13-16,31-34,55-56H2,3H3;4-5,14-29,34-35,52H,1-2,6-13,30-33H2,3H3;1H4/b43-38+,49-37-;29-20+;. The van der Waals surface area contributed by atoms with Gasteiger partial charge in [-0.1, -0.05) is 118 Å². The number of nitrogens with one attached hydrogen (secondary N) is 2. The first-order valence-electron chi connectivity index (χ1n) is 43.8. The number of fused-ring (bicyclic) bond motifs is 4. The van der Waals surface area contributed by atoms with Crippen LogP contribution in [0.1, 0.15) is 154 Å². The van der Waals surface area contributed by atoms with Crippen molar-refractivity contribution in [1.29, 1.82) is 0 Å². The molecule has 0 atom stereocenters. The maximum atomic E-state index is 13.4. The van der Waals surface area contributed by atoms with Gasteiger partial charge in [0, 0.05) is 99.7 Å². The Morgan fingerprint density at radius 3 is 1.37 bits per heavy atom. The van der Waals surface area contributed by atoms with E-state index >= 15 is 0 Å². The van der Waals surface area contributed by atoms with Gasteiger partial charge in [-0.25, -0.2) is 38.3 Å². The number of hydrogen-bond acceptors (Lipinski definition) is 23. The van der Waals surface area contributed by atoms with Gasteiger partial charge >= 0.3 is 35.8 Å². The number of imidazole rings is 1. The van der Waals surface area contributed by atoms with Crippen LogP contribution in [0.25, 0.3) is 78.1 Å². The topological polar surface area (TPSA) is 306 Å². The summed E-state index contributed by atoms with van der Waals surface area (Å²) in [6.45, 7) is 20.4. The summed E-state index contributed by atoms with van der Waals surface area (Å²) >= 11 is 1.38. The predicted octanol–water partition coefficient (Wildman–Crippen LogP) is 22.8. The zero-order chi connectivity index (χ0) is 91.6. The molecule has 0 bridgehead atoms. The van der Waals surface area contributed by atoms with Crippen LogP contribution in [0.3, 0.4) is 0 Å². The molecule has 0 aliphatic carbocycles. The molecule has 0 aliphatic heterocycles. The number of carbonyl (C=O) groups excluding carboxylic acids is 6. The van der Waals surface area contributed by atoms with Crippen LogP contribution in [0.5, 0.6) is 34.5 Å². The van der Waals surface area contributed by atoms with Gasteiger partial charge in [0.15, 0.2) is 0 Å². The molecule has 0 aliphatic rings. The third-order valence-corrected chi connectivity index (χ3v) is 21.8. The molecular formula is C106H116N8O16S. The Kier molecular flexibility index (Phi) is 39.5. The number of carbonyl (C=O) groups is 6. The van der Waals surface area contributed by atoms with Crippen molar-refractivity contribution >= 4 is 103 Å². The molecule has 3 heterocycles. The number of para-hydroxylation sites is 1. The number of rotatable bonds is 51. The highest BCUT2D eigenvalue weighted by Crippen LogP contribution is 2.38. The number of allylic oxidation sites excluding steroid dienone is 1. The van der Waals surface area contributed by atoms with E-state index in [1.54, 1.807) is 89.6 Å². The lowest BCUT2D eigenvalue weighted by Gasteiger charge is -2.16. The van der Waals surface area contributed by atoms with Gasteiger partial charge in [0.1, 0.15) is 39.5 Å². The molecule has 9 aromatic carbocycles. The van der Waals surface area contributed by atoms with Crippen LogP contribution in [0.2, 0.25) is 0 Å². The van der Waals surface area contributed by atoms with E-state index in [4.69, 9.17) is 68.9 Å². The van der Waals surface area contributed by atoms with E-state index in [1.807, 2.05) is 67.9 Å². The molecule has 0 unspecified atom stereocenters. The molecule has 0 fully saturated rings. The Bertz CT molecular complexity index is 5860. The molecule has 0 spiro atoms. The highest BCUT2D eigenvalue weighted by molar-refractivity contribution is 7.17. The van der Waals surface area contributed by atoms with Gasteiger partial charge < -0.3 is 74.0 Å². The van der Waals surface area contributed by atoms with Crippen LogP contribution < -0.4 is 50.5 Å². The molecule has 24 nitrogen and oxygen atoms in total. The van der Waals surface area contributed by atoms with Crippen molar-refractivity contribution in [3.63, 3.8) is 0 Å². The number of unbranched alkanes of at least 4 members (excludes halogenated alkanes) is 12. The summed E-state index contributed by atoms with van der Waals surface area (Å²) < 4.78 is 59.6. The molecule has 0 radical (unpaired) electrons. The summed E-state index contributed by atoms with van der Waals surface area (Å²) in [4.78, 5) is 76.9. The first-order chi connectivity index (χ1) is 63.5. The van der Waals surface area contributed by atoms with Gasteiger partial charge in [-0.2, -0.15) is 5.10 Å². The lowest BCUT2D eigenvalue weighted by atomic mass is 9.97. The fourth-order valence-electron chi connectivity index (χ4n) is 14.0. The summed E-state index contributed by atoms with van der Waals surface area (Å²) in [5.74, 6) is 0.539. The number of nitrogens with two attached hydrogens (primary N) is 2. The molecule has 12 aromatic rings. The SMILES string of the molecule is C.C=CC(=O)OCCCCCCOc1ccc(-c2ccc(-c3ccc(OCCCCCCOC(=O)C=C)cc3)c(NC(/C=C(\N)c3ccc4c(c3)c3ccccc3n4CC)=C/N)c2)cc1.C=CC(=O)OCCCCCCOc1ccc(C(=O)Oc2ccc(OC(=O)c3ccc(OCCCCCCOC(=O)C=C)cc3)c(/C=C/c3nn4cc(-c5ccc(NC)cc5)nc4s3)c2)cc1. The summed E-state index contributed by atoms with van der Waals surface area (Å²) in [5, 5.41) is 14.4. The summed E-state index contributed by atoms with van der Waals surface area (Å²) in [7, 11) is 1.87. The van der Waals surface area contributed by atoms with Gasteiger partial charge in [0.25, 0.3) is 0 Å². The van der Waals surface area contributed by atoms with Crippen molar-refractivity contribution in [1.82, 2.24) is 19.2 Å². The molecule has 682 valence electrons. The van der Waals surface area contributed by atoms with Crippen molar-refractivity contribution in [2.24, 2.45) is 11.5 Å². The molecule has 3 aromatic heterocycles. The Labute approximate surface area is 769 Å². The number of anilines is 2. The molecule has 131 heavy (non-hydrogen) atoms. The number of nitrogens with zero attached hydrogens (tertiary/aromatic N) is 4. The van der Waals surface area contributed by atoms with Crippen LogP contribution in [0, 0.1) is 0 Å².